The summed E-state index contributed by atoms with van der Waals surface area (Å²) < 4.78 is 0.983. The molecule has 0 bridgehead atoms. The van der Waals surface area contributed by atoms with Crippen LogP contribution in [0.1, 0.15) is 34.0 Å². The van der Waals surface area contributed by atoms with Crippen molar-refractivity contribution >= 4 is 38.2 Å². The first kappa shape index (κ1) is 14.6. The van der Waals surface area contributed by atoms with E-state index in [0.717, 1.165) is 21.2 Å². The zero-order valence-corrected chi connectivity index (χ0v) is 14.2. The van der Waals surface area contributed by atoms with Gasteiger partial charge in [-0.25, -0.2) is 4.79 Å². The molecule has 0 saturated heterocycles. The first-order chi connectivity index (χ1) is 12.2. The molecule has 2 aromatic carbocycles. The van der Waals surface area contributed by atoms with Crippen molar-refractivity contribution in [3.8, 4) is 11.1 Å². The summed E-state index contributed by atoms with van der Waals surface area (Å²) >= 11 is 1.32. The molecule has 122 valence electrons. The van der Waals surface area contributed by atoms with Gasteiger partial charge in [-0.15, -0.1) is 11.3 Å². The first-order valence-corrected chi connectivity index (χ1v) is 9.17. The summed E-state index contributed by atoms with van der Waals surface area (Å²) in [6, 6.07) is 14.6. The van der Waals surface area contributed by atoms with Gasteiger partial charge in [-0.3, -0.25) is 4.98 Å². The summed E-state index contributed by atoms with van der Waals surface area (Å²) in [4.78, 5) is 16.0. The fourth-order valence-corrected chi connectivity index (χ4v) is 4.56. The second-order valence-electron chi connectivity index (χ2n) is 6.54. The van der Waals surface area contributed by atoms with E-state index in [1.165, 1.54) is 40.5 Å². The summed E-state index contributed by atoms with van der Waals surface area (Å²) in [5.74, 6) is -0.200. The molecule has 0 unspecified atom stereocenters. The highest BCUT2D eigenvalue weighted by molar-refractivity contribution is 7.21. The lowest BCUT2D eigenvalue weighted by molar-refractivity contribution is 0.0702. The minimum absolute atomic E-state index is 0.350. The molecular formula is C21H15NO2S. The number of carbonyl (C=O) groups is 1. The Morgan fingerprint density at radius 1 is 1.04 bits per heavy atom. The minimum atomic E-state index is -0.888. The Bertz CT molecular complexity index is 1140. The van der Waals surface area contributed by atoms with Crippen molar-refractivity contribution in [1.82, 2.24) is 4.98 Å². The van der Waals surface area contributed by atoms with Gasteiger partial charge in [-0.1, -0.05) is 36.4 Å². The maximum Gasteiger partial charge on any atom is 0.345 e. The number of rotatable bonds is 3. The first-order valence-electron chi connectivity index (χ1n) is 8.35. The number of pyridine rings is 1. The monoisotopic (exact) mass is 345 g/mol. The molecule has 1 N–H and O–H groups in total. The Hall–Kier alpha value is -2.72. The Balaban J connectivity index is 1.80. The standard InChI is InChI=1S/C21H15NO2S/c23-21(24)19-9-13-10-22-11-18(20(13)25-19)17-8-7-14(12-5-6-12)15-3-1-2-4-16(15)17/h1-4,7-12H,5-6H2,(H,23,24). The van der Waals surface area contributed by atoms with Crippen molar-refractivity contribution in [3.05, 3.63) is 65.3 Å². The third-order valence-electron chi connectivity index (χ3n) is 4.90. The zero-order chi connectivity index (χ0) is 17.0. The van der Waals surface area contributed by atoms with Crippen LogP contribution >= 0.6 is 11.3 Å². The second kappa shape index (κ2) is 5.39. The molecule has 4 heteroatoms. The van der Waals surface area contributed by atoms with Crippen LogP contribution in [0.3, 0.4) is 0 Å². The topological polar surface area (TPSA) is 50.2 Å². The van der Waals surface area contributed by atoms with Gasteiger partial charge in [0.25, 0.3) is 0 Å². The van der Waals surface area contributed by atoms with E-state index in [1.807, 2.05) is 6.20 Å². The molecule has 0 amide bonds. The Labute approximate surface area is 148 Å². The van der Waals surface area contributed by atoms with E-state index in [-0.39, 0.29) is 0 Å². The average Bonchev–Trinajstić information content (AvgIpc) is 3.37. The molecule has 5 rings (SSSR count). The van der Waals surface area contributed by atoms with E-state index in [4.69, 9.17) is 0 Å². The quantitative estimate of drug-likeness (QED) is 0.519. The highest BCUT2D eigenvalue weighted by atomic mass is 32.1. The average molecular weight is 345 g/mol. The van der Waals surface area contributed by atoms with Crippen molar-refractivity contribution in [2.45, 2.75) is 18.8 Å². The molecule has 2 aromatic heterocycles. The van der Waals surface area contributed by atoms with Crippen LogP contribution in [0.25, 0.3) is 32.0 Å². The number of carboxylic acid groups (broad SMARTS) is 1. The lowest BCUT2D eigenvalue weighted by Crippen LogP contribution is -1.89. The molecule has 1 aliphatic rings. The zero-order valence-electron chi connectivity index (χ0n) is 13.4. The van der Waals surface area contributed by atoms with Crippen molar-refractivity contribution in [2.75, 3.05) is 0 Å². The predicted molar refractivity (Wildman–Crippen MR) is 101 cm³/mol. The molecule has 0 atom stereocenters. The van der Waals surface area contributed by atoms with E-state index in [9.17, 15) is 9.90 Å². The molecule has 0 spiro atoms. The Kier molecular flexibility index (Phi) is 3.15. The summed E-state index contributed by atoms with van der Waals surface area (Å²) in [6.45, 7) is 0. The third kappa shape index (κ3) is 2.33. The fourth-order valence-electron chi connectivity index (χ4n) is 3.57. The molecule has 1 aliphatic carbocycles. The number of thiophene rings is 1. The number of aromatic nitrogens is 1. The maximum absolute atomic E-state index is 11.3. The molecule has 25 heavy (non-hydrogen) atoms. The Morgan fingerprint density at radius 3 is 2.60 bits per heavy atom. The number of hydrogen-bond acceptors (Lipinski definition) is 3. The summed E-state index contributed by atoms with van der Waals surface area (Å²) in [5, 5.41) is 12.7. The summed E-state index contributed by atoms with van der Waals surface area (Å²) in [7, 11) is 0. The van der Waals surface area contributed by atoms with E-state index < -0.39 is 5.97 Å². The number of benzene rings is 2. The van der Waals surface area contributed by atoms with Crippen molar-refractivity contribution in [2.24, 2.45) is 0 Å². The lowest BCUT2D eigenvalue weighted by Gasteiger charge is -2.11. The van der Waals surface area contributed by atoms with Gasteiger partial charge < -0.3 is 5.11 Å². The number of aromatic carboxylic acids is 1. The van der Waals surface area contributed by atoms with Crippen LogP contribution in [-0.4, -0.2) is 16.1 Å². The van der Waals surface area contributed by atoms with Crippen molar-refractivity contribution in [3.63, 3.8) is 0 Å². The molecule has 0 radical (unpaired) electrons. The minimum Gasteiger partial charge on any atom is -0.477 e. The van der Waals surface area contributed by atoms with Crippen molar-refractivity contribution < 1.29 is 9.90 Å². The Morgan fingerprint density at radius 2 is 1.84 bits per heavy atom. The van der Waals surface area contributed by atoms with Crippen LogP contribution in [-0.2, 0) is 0 Å². The van der Waals surface area contributed by atoms with Gasteiger partial charge in [0.05, 0.1) is 0 Å². The van der Waals surface area contributed by atoms with Gasteiger partial charge in [0.1, 0.15) is 4.88 Å². The van der Waals surface area contributed by atoms with Gasteiger partial charge in [0, 0.05) is 28.0 Å². The van der Waals surface area contributed by atoms with E-state index in [2.05, 4.69) is 41.4 Å². The van der Waals surface area contributed by atoms with Gasteiger partial charge in [0.15, 0.2) is 0 Å². The fraction of sp³-hybridized carbons (Fsp3) is 0.143. The van der Waals surface area contributed by atoms with Crippen LogP contribution in [0.5, 0.6) is 0 Å². The van der Waals surface area contributed by atoms with Gasteiger partial charge in [-0.05, 0) is 46.7 Å². The predicted octanol–water partition coefficient (Wildman–Crippen LogP) is 5.69. The lowest BCUT2D eigenvalue weighted by atomic mass is 9.94. The molecule has 3 nitrogen and oxygen atoms in total. The largest absolute Gasteiger partial charge is 0.477 e. The van der Waals surface area contributed by atoms with E-state index in [1.54, 1.807) is 12.3 Å². The van der Waals surface area contributed by atoms with Crippen LogP contribution in [0, 0.1) is 0 Å². The summed E-state index contributed by atoms with van der Waals surface area (Å²) in [6.07, 6.45) is 6.13. The maximum atomic E-state index is 11.3. The highest BCUT2D eigenvalue weighted by Crippen LogP contribution is 2.45. The number of fused-ring (bicyclic) bond motifs is 2. The number of hydrogen-bond donors (Lipinski definition) is 1. The smallest absolute Gasteiger partial charge is 0.345 e. The number of carboxylic acids is 1. The highest BCUT2D eigenvalue weighted by Gasteiger charge is 2.26. The SMILES string of the molecule is O=C(O)c1cc2cncc(-c3ccc(C4CC4)c4ccccc34)c2s1. The van der Waals surface area contributed by atoms with Crippen LogP contribution in [0.2, 0.25) is 0 Å². The molecular weight excluding hydrogens is 330 g/mol. The molecule has 2 heterocycles. The summed E-state index contributed by atoms with van der Waals surface area (Å²) in [5.41, 5.74) is 3.56. The number of nitrogens with zero attached hydrogens (tertiary/aromatic N) is 1. The van der Waals surface area contributed by atoms with Gasteiger partial charge in [-0.2, -0.15) is 0 Å². The molecule has 1 saturated carbocycles. The second-order valence-corrected chi connectivity index (χ2v) is 7.60. The molecule has 1 fully saturated rings. The van der Waals surface area contributed by atoms with E-state index >= 15 is 0 Å². The normalized spacial score (nSPS) is 14.2. The van der Waals surface area contributed by atoms with Crippen LogP contribution in [0.4, 0.5) is 0 Å². The van der Waals surface area contributed by atoms with E-state index in [0.29, 0.717) is 10.8 Å². The third-order valence-corrected chi connectivity index (χ3v) is 6.07. The molecule has 4 aromatic rings. The van der Waals surface area contributed by atoms with Gasteiger partial charge >= 0.3 is 5.97 Å². The van der Waals surface area contributed by atoms with Crippen molar-refractivity contribution in [1.29, 1.82) is 0 Å². The van der Waals surface area contributed by atoms with Crippen LogP contribution in [0.15, 0.2) is 54.9 Å². The van der Waals surface area contributed by atoms with Gasteiger partial charge in [0.2, 0.25) is 0 Å². The molecule has 0 aliphatic heterocycles. The van der Waals surface area contributed by atoms with Crippen LogP contribution < -0.4 is 0 Å².